The number of likely N-dealkylation sites (tertiary alicyclic amines) is 2. The Morgan fingerprint density at radius 3 is 2.61 bits per heavy atom. The summed E-state index contributed by atoms with van der Waals surface area (Å²) in [6.07, 6.45) is 6.64. The van der Waals surface area contributed by atoms with Crippen LogP contribution in [0.4, 0.5) is 4.79 Å². The maximum atomic E-state index is 13.0. The van der Waals surface area contributed by atoms with E-state index in [1.165, 1.54) is 0 Å². The zero-order valence-corrected chi connectivity index (χ0v) is 22.9. The number of aromatic nitrogens is 1. The highest BCUT2D eigenvalue weighted by Gasteiger charge is 2.40. The molecule has 3 aliphatic rings. The molecule has 3 heterocycles. The molecular formula is C31H40N4O3. The molecule has 0 radical (unpaired) electrons. The van der Waals surface area contributed by atoms with E-state index in [4.69, 9.17) is 4.74 Å². The number of piperidine rings is 1. The molecular weight excluding hydrogens is 476 g/mol. The highest BCUT2D eigenvalue weighted by Crippen LogP contribution is 2.32. The third-order valence-electron chi connectivity index (χ3n) is 8.10. The third kappa shape index (κ3) is 6.47. The van der Waals surface area contributed by atoms with Gasteiger partial charge in [0.05, 0.1) is 12.1 Å². The largest absolute Gasteiger partial charge is 0.444 e. The van der Waals surface area contributed by atoms with Crippen molar-refractivity contribution in [2.45, 2.75) is 64.5 Å². The zero-order chi connectivity index (χ0) is 26.7. The molecule has 38 heavy (non-hydrogen) atoms. The number of carbonyl (C=O) groups excluding carboxylic acids is 2. The van der Waals surface area contributed by atoms with Crippen molar-refractivity contribution in [3.05, 3.63) is 42.1 Å². The fourth-order valence-corrected chi connectivity index (χ4v) is 6.11. The molecule has 1 aliphatic carbocycles. The second-order valence-electron chi connectivity index (χ2n) is 12.1. The summed E-state index contributed by atoms with van der Waals surface area (Å²) in [5, 5.41) is 4.14. The molecule has 202 valence electrons. The fourth-order valence-electron chi connectivity index (χ4n) is 6.11. The number of hydrogen-bond acceptors (Lipinski definition) is 5. The predicted octanol–water partition coefficient (Wildman–Crippen LogP) is 4.72. The maximum absolute atomic E-state index is 13.0. The van der Waals surface area contributed by atoms with E-state index in [-0.39, 0.29) is 18.0 Å². The van der Waals surface area contributed by atoms with Gasteiger partial charge >= 0.3 is 6.09 Å². The molecule has 3 fully saturated rings. The lowest BCUT2D eigenvalue weighted by atomic mass is 9.86. The van der Waals surface area contributed by atoms with Gasteiger partial charge in [-0.2, -0.15) is 0 Å². The Balaban J connectivity index is 1.05. The first kappa shape index (κ1) is 26.5. The summed E-state index contributed by atoms with van der Waals surface area (Å²) in [7, 11) is 0. The number of ether oxygens (including phenoxy) is 1. The van der Waals surface area contributed by atoms with Gasteiger partial charge in [-0.15, -0.1) is 0 Å². The first-order chi connectivity index (χ1) is 18.2. The number of nitrogens with zero attached hydrogens (tertiary/aromatic N) is 3. The minimum Gasteiger partial charge on any atom is -0.444 e. The molecule has 2 saturated heterocycles. The van der Waals surface area contributed by atoms with Crippen LogP contribution in [0.1, 0.15) is 63.2 Å². The highest BCUT2D eigenvalue weighted by atomic mass is 16.6. The van der Waals surface area contributed by atoms with Crippen LogP contribution in [-0.2, 0) is 4.74 Å². The van der Waals surface area contributed by atoms with Gasteiger partial charge in [0.2, 0.25) is 0 Å². The van der Waals surface area contributed by atoms with Crippen molar-refractivity contribution in [2.75, 3.05) is 32.7 Å². The number of amides is 2. The molecule has 7 nitrogen and oxygen atoms in total. The van der Waals surface area contributed by atoms with Gasteiger partial charge in [-0.1, -0.05) is 24.0 Å². The summed E-state index contributed by atoms with van der Waals surface area (Å²) >= 11 is 0. The van der Waals surface area contributed by atoms with E-state index in [1.54, 1.807) is 6.20 Å². The molecule has 1 aromatic carbocycles. The minimum atomic E-state index is -0.453. The van der Waals surface area contributed by atoms with Crippen molar-refractivity contribution < 1.29 is 14.3 Å². The van der Waals surface area contributed by atoms with Gasteiger partial charge < -0.3 is 15.0 Å². The van der Waals surface area contributed by atoms with Crippen molar-refractivity contribution in [1.82, 2.24) is 20.1 Å². The van der Waals surface area contributed by atoms with Crippen molar-refractivity contribution in [3.63, 3.8) is 0 Å². The van der Waals surface area contributed by atoms with E-state index in [9.17, 15) is 9.59 Å². The topological polar surface area (TPSA) is 74.8 Å². The van der Waals surface area contributed by atoms with Gasteiger partial charge in [0.25, 0.3) is 5.91 Å². The van der Waals surface area contributed by atoms with Gasteiger partial charge in [-0.25, -0.2) is 4.79 Å². The fraction of sp³-hybridized carbons (Fsp3) is 0.581. The van der Waals surface area contributed by atoms with E-state index in [0.29, 0.717) is 23.3 Å². The lowest BCUT2D eigenvalue weighted by Gasteiger charge is -2.32. The van der Waals surface area contributed by atoms with E-state index < -0.39 is 5.60 Å². The van der Waals surface area contributed by atoms with E-state index in [1.807, 2.05) is 56.0 Å². The van der Waals surface area contributed by atoms with Crippen molar-refractivity contribution in [3.8, 4) is 11.8 Å². The molecule has 2 amide bonds. The third-order valence-corrected chi connectivity index (χ3v) is 8.10. The smallest absolute Gasteiger partial charge is 0.410 e. The lowest BCUT2D eigenvalue weighted by molar-refractivity contribution is 0.0284. The summed E-state index contributed by atoms with van der Waals surface area (Å²) < 4.78 is 5.58. The Kier molecular flexibility index (Phi) is 7.90. The van der Waals surface area contributed by atoms with Crippen LogP contribution >= 0.6 is 0 Å². The number of nitrogens with one attached hydrogen (secondary N) is 1. The molecule has 0 unspecified atom stereocenters. The van der Waals surface area contributed by atoms with Crippen LogP contribution in [0.25, 0.3) is 10.9 Å². The van der Waals surface area contributed by atoms with Gasteiger partial charge in [0.15, 0.2) is 0 Å². The minimum absolute atomic E-state index is 0.0151. The van der Waals surface area contributed by atoms with E-state index in [0.717, 1.165) is 75.7 Å². The average molecular weight is 517 g/mol. The first-order valence-electron chi connectivity index (χ1n) is 14.1. The summed E-state index contributed by atoms with van der Waals surface area (Å²) in [5.41, 5.74) is 1.08. The van der Waals surface area contributed by atoms with Crippen LogP contribution < -0.4 is 5.32 Å². The molecule has 0 bridgehead atoms. The van der Waals surface area contributed by atoms with Crippen LogP contribution in [0.15, 0.2) is 36.5 Å². The molecule has 2 aromatic rings. The lowest BCUT2D eigenvalue weighted by Crippen LogP contribution is -2.40. The summed E-state index contributed by atoms with van der Waals surface area (Å²) in [6, 6.07) is 9.73. The van der Waals surface area contributed by atoms with Crippen LogP contribution in [0.5, 0.6) is 0 Å². The van der Waals surface area contributed by atoms with Crippen LogP contribution in [0.2, 0.25) is 0 Å². The summed E-state index contributed by atoms with van der Waals surface area (Å²) in [4.78, 5) is 34.1. The van der Waals surface area contributed by atoms with Crippen LogP contribution in [-0.4, -0.2) is 71.2 Å². The quantitative estimate of drug-likeness (QED) is 0.598. The Morgan fingerprint density at radius 2 is 1.82 bits per heavy atom. The highest BCUT2D eigenvalue weighted by molar-refractivity contribution is 6.06. The normalized spacial score (nSPS) is 25.8. The van der Waals surface area contributed by atoms with E-state index in [2.05, 4.69) is 27.0 Å². The van der Waals surface area contributed by atoms with Gasteiger partial charge in [0, 0.05) is 48.7 Å². The molecule has 1 saturated carbocycles. The van der Waals surface area contributed by atoms with E-state index >= 15 is 0 Å². The second kappa shape index (κ2) is 11.3. The molecule has 1 N–H and O–H groups in total. The molecule has 2 atom stereocenters. The van der Waals surface area contributed by atoms with Gasteiger partial charge in [0.1, 0.15) is 5.60 Å². The Bertz CT molecular complexity index is 1210. The second-order valence-corrected chi connectivity index (χ2v) is 12.1. The van der Waals surface area contributed by atoms with Crippen LogP contribution in [0, 0.1) is 29.6 Å². The first-order valence-corrected chi connectivity index (χ1v) is 14.1. The number of benzene rings is 1. The Morgan fingerprint density at radius 1 is 1.03 bits per heavy atom. The zero-order valence-electron chi connectivity index (χ0n) is 22.9. The summed E-state index contributed by atoms with van der Waals surface area (Å²) in [5.74, 6) is 8.43. The number of pyridine rings is 1. The Hall–Kier alpha value is -3.11. The molecule has 7 heteroatoms. The predicted molar refractivity (Wildman–Crippen MR) is 149 cm³/mol. The van der Waals surface area contributed by atoms with Crippen LogP contribution in [0.3, 0.4) is 0 Å². The SMILES string of the molecule is CC(C)(C)OC(=O)N1C[C@@H]2CCN(CC#CC3CCC(NC(=O)c4cccc5ncccc45)CC3)C[C@H]2C1. The van der Waals surface area contributed by atoms with Crippen molar-refractivity contribution in [1.29, 1.82) is 0 Å². The molecule has 0 spiro atoms. The number of hydrogen-bond donors (Lipinski definition) is 1. The molecule has 2 aliphatic heterocycles. The van der Waals surface area contributed by atoms with Crippen molar-refractivity contribution >= 4 is 22.9 Å². The molecule has 5 rings (SSSR count). The summed E-state index contributed by atoms with van der Waals surface area (Å²) in [6.45, 7) is 10.2. The number of fused-ring (bicyclic) bond motifs is 2. The standard InChI is InChI=1S/C31H40N4O3/c1-31(2,3)38-30(37)35-20-23-15-18-34(19-24(23)21-35)17-6-7-22-11-13-25(14-12-22)33-29(36)27-8-4-10-28-26(27)9-5-16-32-28/h4-5,8-10,16,22-25H,11-15,17-21H2,1-3H3,(H,33,36)/t22?,23-,24-,25?/m0/s1. The average Bonchev–Trinajstić information content (AvgIpc) is 3.32. The maximum Gasteiger partial charge on any atom is 0.410 e. The Labute approximate surface area is 226 Å². The monoisotopic (exact) mass is 516 g/mol. The van der Waals surface area contributed by atoms with Crippen molar-refractivity contribution in [2.24, 2.45) is 17.8 Å². The van der Waals surface area contributed by atoms with Gasteiger partial charge in [-0.3, -0.25) is 14.7 Å². The van der Waals surface area contributed by atoms with Gasteiger partial charge in [-0.05, 0) is 89.5 Å². The number of rotatable bonds is 3. The number of carbonyl (C=O) groups is 2. The molecule has 1 aromatic heterocycles.